The molecular formula is C30H44O8Si2. The largest absolute Gasteiger partial charge is 0.507 e. The maximum Gasteiger partial charge on any atom is 0.344 e. The van der Waals surface area contributed by atoms with Crippen LogP contribution in [0.5, 0.6) is 17.2 Å². The van der Waals surface area contributed by atoms with E-state index in [-0.39, 0.29) is 36.0 Å². The van der Waals surface area contributed by atoms with Gasteiger partial charge in [-0.15, -0.1) is 0 Å². The lowest BCUT2D eigenvalue weighted by atomic mass is 9.87. The first-order chi connectivity index (χ1) is 18.5. The topological polar surface area (TPSA) is 108 Å². The van der Waals surface area contributed by atoms with E-state index in [1.807, 2.05) is 0 Å². The number of aliphatic hydroxyl groups is 1. The van der Waals surface area contributed by atoms with Crippen LogP contribution < -0.4 is 15.1 Å². The van der Waals surface area contributed by atoms with Crippen LogP contribution in [0.15, 0.2) is 45.6 Å². The Morgan fingerprint density at radius 3 is 1.85 bits per heavy atom. The van der Waals surface area contributed by atoms with Gasteiger partial charge in [0.15, 0.2) is 13.6 Å². The summed E-state index contributed by atoms with van der Waals surface area (Å²) in [5.74, 6) is 0.708. The van der Waals surface area contributed by atoms with Gasteiger partial charge in [0, 0.05) is 58.0 Å². The van der Waals surface area contributed by atoms with E-state index in [1.165, 1.54) is 6.07 Å². The monoisotopic (exact) mass is 588 g/mol. The zero-order valence-corrected chi connectivity index (χ0v) is 27.1. The highest BCUT2D eigenvalue weighted by Gasteiger charge is 2.29. The second-order valence-corrected chi connectivity index (χ2v) is 24.2. The minimum absolute atomic E-state index is 0.0596. The van der Waals surface area contributed by atoms with Crippen molar-refractivity contribution in [3.05, 3.63) is 52.4 Å². The highest BCUT2D eigenvalue weighted by atomic mass is 28.3. The van der Waals surface area contributed by atoms with Crippen molar-refractivity contribution in [3.63, 3.8) is 0 Å². The predicted molar refractivity (Wildman–Crippen MR) is 164 cm³/mol. The Labute approximate surface area is 238 Å². The minimum Gasteiger partial charge on any atom is -0.507 e. The molecule has 0 saturated carbocycles. The first-order valence-corrected chi connectivity index (χ1v) is 21.0. The Morgan fingerprint density at radius 2 is 1.35 bits per heavy atom. The summed E-state index contributed by atoms with van der Waals surface area (Å²) in [6.45, 7) is 18.2. The fourth-order valence-corrected chi connectivity index (χ4v) is 5.57. The maximum absolute atomic E-state index is 13.3. The van der Waals surface area contributed by atoms with Crippen molar-refractivity contribution in [2.75, 3.05) is 26.8 Å². The minimum atomic E-state index is -1.42. The molecule has 10 heteroatoms. The summed E-state index contributed by atoms with van der Waals surface area (Å²) in [6.07, 6.45) is 0. The van der Waals surface area contributed by atoms with Gasteiger partial charge >= 0.3 is 5.63 Å². The Hall–Kier alpha value is -2.64. The summed E-state index contributed by atoms with van der Waals surface area (Å²) in [6, 6.07) is 11.8. The Kier molecular flexibility index (Phi) is 10.3. The highest BCUT2D eigenvalue weighted by molar-refractivity contribution is 6.76. The fraction of sp³-hybridized carbons (Fsp3) is 0.500. The molecule has 40 heavy (non-hydrogen) atoms. The summed E-state index contributed by atoms with van der Waals surface area (Å²) < 4.78 is 28.2. The van der Waals surface area contributed by atoms with Gasteiger partial charge in [0.05, 0.1) is 11.2 Å². The quantitative estimate of drug-likeness (QED) is 0.0919. The zero-order valence-electron chi connectivity index (χ0n) is 25.1. The van der Waals surface area contributed by atoms with E-state index in [4.69, 9.17) is 23.4 Å². The summed E-state index contributed by atoms with van der Waals surface area (Å²) in [5.41, 5.74) is -1.19. The van der Waals surface area contributed by atoms with Crippen LogP contribution in [0.1, 0.15) is 19.4 Å². The van der Waals surface area contributed by atoms with Gasteiger partial charge in [0.1, 0.15) is 22.8 Å². The van der Waals surface area contributed by atoms with Gasteiger partial charge in [-0.2, -0.15) is 0 Å². The molecule has 1 aromatic heterocycles. The van der Waals surface area contributed by atoms with Crippen LogP contribution in [0.25, 0.3) is 22.1 Å². The van der Waals surface area contributed by atoms with Crippen molar-refractivity contribution in [2.45, 2.75) is 70.8 Å². The molecule has 0 spiro atoms. The van der Waals surface area contributed by atoms with Crippen LogP contribution in [0.4, 0.5) is 0 Å². The van der Waals surface area contributed by atoms with E-state index >= 15 is 0 Å². The molecule has 3 rings (SSSR count). The average molecular weight is 589 g/mol. The standard InChI is InChI=1S/C30H44O8Si2/c1-30(2,33)28-24-12-10-22(37-20-35-14-16-40(6,7)8)18-26(24)38-29(32)27(28)23-11-9-21(17-25(23)31)36-19-34-13-15-39(3,4)5/h9-12,17-18,31,33H,13-16,19-20H2,1-8H3. The smallest absolute Gasteiger partial charge is 0.344 e. The van der Waals surface area contributed by atoms with Crippen molar-refractivity contribution in [3.8, 4) is 28.4 Å². The number of benzene rings is 2. The molecule has 0 aliphatic carbocycles. The van der Waals surface area contributed by atoms with Crippen LogP contribution in [0, 0.1) is 0 Å². The van der Waals surface area contributed by atoms with Gasteiger partial charge in [-0.1, -0.05) is 39.3 Å². The van der Waals surface area contributed by atoms with Crippen molar-refractivity contribution in [1.82, 2.24) is 0 Å². The maximum atomic E-state index is 13.3. The second kappa shape index (κ2) is 12.9. The molecule has 0 unspecified atom stereocenters. The third-order valence-electron chi connectivity index (χ3n) is 6.34. The van der Waals surface area contributed by atoms with Crippen LogP contribution in [-0.2, 0) is 15.1 Å². The summed E-state index contributed by atoms with van der Waals surface area (Å²) in [7, 11) is -2.39. The molecule has 0 amide bonds. The van der Waals surface area contributed by atoms with Gasteiger partial charge in [-0.3, -0.25) is 0 Å². The highest BCUT2D eigenvalue weighted by Crippen LogP contribution is 2.40. The van der Waals surface area contributed by atoms with E-state index in [2.05, 4.69) is 39.3 Å². The molecule has 2 aromatic carbocycles. The third-order valence-corrected chi connectivity index (χ3v) is 9.75. The first kappa shape index (κ1) is 31.9. The number of rotatable bonds is 14. The van der Waals surface area contributed by atoms with Crippen molar-refractivity contribution < 1.29 is 33.6 Å². The molecular weight excluding hydrogens is 544 g/mol. The lowest BCUT2D eigenvalue weighted by molar-refractivity contribution is 0.0218. The molecule has 1 heterocycles. The van der Waals surface area contributed by atoms with E-state index in [1.54, 1.807) is 44.2 Å². The van der Waals surface area contributed by atoms with Gasteiger partial charge in [0.2, 0.25) is 0 Å². The van der Waals surface area contributed by atoms with Gasteiger partial charge in [-0.05, 0) is 50.2 Å². The van der Waals surface area contributed by atoms with E-state index in [9.17, 15) is 15.0 Å². The van der Waals surface area contributed by atoms with Crippen molar-refractivity contribution in [1.29, 1.82) is 0 Å². The molecule has 8 nitrogen and oxygen atoms in total. The summed E-state index contributed by atoms with van der Waals surface area (Å²) in [5, 5.41) is 22.5. The summed E-state index contributed by atoms with van der Waals surface area (Å²) in [4.78, 5) is 13.3. The Bertz CT molecular complexity index is 1350. The fourth-order valence-electron chi connectivity index (χ4n) is 4.06. The molecule has 0 atom stereocenters. The second-order valence-electron chi connectivity index (χ2n) is 13.0. The number of ether oxygens (including phenoxy) is 4. The molecule has 0 saturated heterocycles. The van der Waals surface area contributed by atoms with Crippen LogP contribution in [-0.4, -0.2) is 53.2 Å². The average Bonchev–Trinajstić information content (AvgIpc) is 2.81. The predicted octanol–water partition coefficient (Wildman–Crippen LogP) is 6.78. The lowest BCUT2D eigenvalue weighted by Gasteiger charge is -2.23. The number of aromatic hydroxyl groups is 1. The first-order valence-electron chi connectivity index (χ1n) is 13.6. The van der Waals surface area contributed by atoms with Gasteiger partial charge < -0.3 is 33.6 Å². The molecule has 0 fully saturated rings. The van der Waals surface area contributed by atoms with E-state index < -0.39 is 27.4 Å². The van der Waals surface area contributed by atoms with E-state index in [0.29, 0.717) is 35.7 Å². The Balaban J connectivity index is 1.84. The third kappa shape index (κ3) is 9.20. The molecule has 0 radical (unpaired) electrons. The molecule has 0 aliphatic heterocycles. The summed E-state index contributed by atoms with van der Waals surface area (Å²) >= 11 is 0. The number of phenolic OH excluding ortho intramolecular Hbond substituents is 1. The number of phenols is 1. The number of hydrogen-bond acceptors (Lipinski definition) is 8. The molecule has 2 N–H and O–H groups in total. The van der Waals surface area contributed by atoms with Gasteiger partial charge in [-0.25, -0.2) is 4.79 Å². The lowest BCUT2D eigenvalue weighted by Crippen LogP contribution is -2.22. The normalized spacial score (nSPS) is 12.6. The van der Waals surface area contributed by atoms with E-state index in [0.717, 1.165) is 12.1 Å². The van der Waals surface area contributed by atoms with Crippen LogP contribution in [0.2, 0.25) is 51.4 Å². The number of hydrogen-bond donors (Lipinski definition) is 2. The molecule has 3 aromatic rings. The zero-order chi connectivity index (χ0) is 29.7. The van der Waals surface area contributed by atoms with Crippen LogP contribution in [0.3, 0.4) is 0 Å². The molecule has 0 aliphatic rings. The molecule has 0 bridgehead atoms. The van der Waals surface area contributed by atoms with Crippen molar-refractivity contribution >= 4 is 27.1 Å². The van der Waals surface area contributed by atoms with Crippen molar-refractivity contribution in [2.24, 2.45) is 0 Å². The Morgan fingerprint density at radius 1 is 0.825 bits per heavy atom. The van der Waals surface area contributed by atoms with Crippen LogP contribution >= 0.6 is 0 Å². The van der Waals surface area contributed by atoms with Gasteiger partial charge in [0.25, 0.3) is 0 Å². The molecule has 220 valence electrons. The number of fused-ring (bicyclic) bond motifs is 1. The SMILES string of the molecule is CC(C)(O)c1c(-c2ccc(OCOCC[Si](C)(C)C)cc2O)c(=O)oc2cc(OCOCC[Si](C)(C)C)ccc12.